The number of imide groups is 1. The topological polar surface area (TPSA) is 120 Å². The van der Waals surface area contributed by atoms with Gasteiger partial charge in [-0.25, -0.2) is 4.98 Å². The Morgan fingerprint density at radius 3 is 2.53 bits per heavy atom. The van der Waals surface area contributed by atoms with E-state index < -0.39 is 17.4 Å². The van der Waals surface area contributed by atoms with Crippen LogP contribution in [0.4, 0.5) is 5.82 Å². The number of oxazole rings is 1. The number of nitrogens with two attached hydrogens (primary N) is 1. The quantitative estimate of drug-likeness (QED) is 0.460. The summed E-state index contributed by atoms with van der Waals surface area (Å²) >= 11 is 12.2. The van der Waals surface area contributed by atoms with E-state index in [2.05, 4.69) is 10.3 Å². The van der Waals surface area contributed by atoms with Crippen LogP contribution in [0, 0.1) is 0 Å². The van der Waals surface area contributed by atoms with Crippen LogP contribution >= 0.6 is 23.2 Å². The summed E-state index contributed by atoms with van der Waals surface area (Å²) in [6.45, 7) is 0. The lowest BCUT2D eigenvalue weighted by molar-refractivity contribution is 0.0880. The second-order valence-electron chi connectivity index (χ2n) is 6.57. The van der Waals surface area contributed by atoms with E-state index in [0.29, 0.717) is 32.4 Å². The van der Waals surface area contributed by atoms with E-state index in [1.807, 2.05) is 0 Å². The zero-order valence-electron chi connectivity index (χ0n) is 14.9. The Morgan fingerprint density at radius 2 is 1.77 bits per heavy atom. The van der Waals surface area contributed by atoms with Gasteiger partial charge in [-0.1, -0.05) is 23.2 Å². The van der Waals surface area contributed by atoms with Crippen molar-refractivity contribution < 1.29 is 14.0 Å². The van der Waals surface area contributed by atoms with Crippen LogP contribution in [0.25, 0.3) is 28.2 Å². The van der Waals surface area contributed by atoms with Crippen molar-refractivity contribution >= 4 is 51.9 Å². The Kier molecular flexibility index (Phi) is 3.96. The summed E-state index contributed by atoms with van der Waals surface area (Å²) in [4.78, 5) is 40.9. The zero-order valence-corrected chi connectivity index (χ0v) is 16.4. The maximum absolute atomic E-state index is 12.6. The molecule has 2 amide bonds. The van der Waals surface area contributed by atoms with Gasteiger partial charge in [-0.3, -0.25) is 24.3 Å². The van der Waals surface area contributed by atoms with Crippen molar-refractivity contribution in [1.29, 1.82) is 0 Å². The minimum absolute atomic E-state index is 0.0338. The lowest BCUT2D eigenvalue weighted by Gasteiger charge is -2.11. The predicted molar refractivity (Wildman–Crippen MR) is 111 cm³/mol. The number of anilines is 1. The van der Waals surface area contributed by atoms with E-state index in [1.165, 1.54) is 0 Å². The second kappa shape index (κ2) is 6.45. The van der Waals surface area contributed by atoms with Gasteiger partial charge >= 0.3 is 0 Å². The Bertz CT molecular complexity index is 1470. The monoisotopic (exact) mass is 440 g/mol. The molecule has 2 aromatic carbocycles. The molecular weight excluding hydrogens is 431 g/mol. The molecule has 1 aliphatic heterocycles. The van der Waals surface area contributed by atoms with Gasteiger partial charge in [-0.2, -0.15) is 0 Å². The number of fused-ring (bicyclic) bond motifs is 2. The van der Waals surface area contributed by atoms with Crippen LogP contribution in [0.2, 0.25) is 10.0 Å². The van der Waals surface area contributed by atoms with Crippen molar-refractivity contribution in [2.45, 2.75) is 0 Å². The summed E-state index contributed by atoms with van der Waals surface area (Å²) in [5.74, 6) is -1.15. The van der Waals surface area contributed by atoms with Gasteiger partial charge in [0.1, 0.15) is 11.3 Å². The van der Waals surface area contributed by atoms with Gasteiger partial charge < -0.3 is 10.2 Å². The molecule has 10 heteroatoms. The number of aromatic nitrogens is 2. The van der Waals surface area contributed by atoms with Crippen LogP contribution in [-0.4, -0.2) is 21.4 Å². The molecule has 4 aromatic rings. The molecule has 0 aliphatic carbocycles. The molecule has 1 aliphatic rings. The molecule has 148 valence electrons. The average Bonchev–Trinajstić information content (AvgIpc) is 3.22. The fourth-order valence-corrected chi connectivity index (χ4v) is 3.87. The van der Waals surface area contributed by atoms with Crippen LogP contribution in [0.5, 0.6) is 0 Å². The van der Waals surface area contributed by atoms with E-state index in [-0.39, 0.29) is 22.8 Å². The number of nitrogens with zero attached hydrogens (tertiary/aromatic N) is 2. The fourth-order valence-electron chi connectivity index (χ4n) is 3.38. The van der Waals surface area contributed by atoms with Gasteiger partial charge in [0.2, 0.25) is 5.89 Å². The van der Waals surface area contributed by atoms with Crippen molar-refractivity contribution in [3.63, 3.8) is 0 Å². The Hall–Kier alpha value is -3.62. The summed E-state index contributed by atoms with van der Waals surface area (Å²) in [6, 6.07) is 10.8. The molecule has 0 saturated heterocycles. The number of pyridine rings is 1. The number of hydrogen-bond acceptors (Lipinski definition) is 6. The average molecular weight is 441 g/mol. The molecular formula is C20H10Cl2N4O4. The summed E-state index contributed by atoms with van der Waals surface area (Å²) < 4.78 is 6.90. The standard InChI is InChI=1S/C20H10Cl2N4O4/c21-8-1-3-10(12(22)5-8)20-24-13-6-9(2-4-14(13)30-20)26-15(27)7-11-16(17(26)23)19(29)25-18(11)28/h1-7H,23H2,(H,25,28,29). The van der Waals surface area contributed by atoms with Crippen LogP contribution in [-0.2, 0) is 0 Å². The number of nitrogens with one attached hydrogen (secondary N) is 1. The Morgan fingerprint density at radius 1 is 0.967 bits per heavy atom. The zero-order chi connectivity index (χ0) is 21.2. The first kappa shape index (κ1) is 18.4. The first-order valence-corrected chi connectivity index (χ1v) is 9.36. The molecule has 2 aromatic heterocycles. The third-order valence-corrected chi connectivity index (χ3v) is 5.29. The minimum atomic E-state index is -0.651. The van der Waals surface area contributed by atoms with Gasteiger partial charge in [0.15, 0.2) is 5.58 Å². The summed E-state index contributed by atoms with van der Waals surface area (Å²) in [5, 5.41) is 2.99. The van der Waals surface area contributed by atoms with Gasteiger partial charge in [-0.05, 0) is 36.4 Å². The van der Waals surface area contributed by atoms with Crippen molar-refractivity contribution in [3.05, 3.63) is 74.0 Å². The van der Waals surface area contributed by atoms with Crippen molar-refractivity contribution in [2.75, 3.05) is 5.73 Å². The fraction of sp³-hybridized carbons (Fsp3) is 0. The second-order valence-corrected chi connectivity index (χ2v) is 7.41. The molecule has 0 bridgehead atoms. The summed E-state index contributed by atoms with van der Waals surface area (Å²) in [6.07, 6.45) is 0. The van der Waals surface area contributed by atoms with Crippen LogP contribution in [0.3, 0.4) is 0 Å². The Balaban J connectivity index is 1.67. The highest BCUT2D eigenvalue weighted by Gasteiger charge is 2.31. The molecule has 0 radical (unpaired) electrons. The third-order valence-electron chi connectivity index (χ3n) is 4.74. The molecule has 0 unspecified atom stereocenters. The molecule has 3 N–H and O–H groups in total. The maximum Gasteiger partial charge on any atom is 0.262 e. The highest BCUT2D eigenvalue weighted by Crippen LogP contribution is 2.33. The van der Waals surface area contributed by atoms with Gasteiger partial charge in [-0.15, -0.1) is 0 Å². The van der Waals surface area contributed by atoms with E-state index in [1.54, 1.807) is 36.4 Å². The van der Waals surface area contributed by atoms with Crippen LogP contribution in [0.15, 0.2) is 51.7 Å². The normalized spacial score (nSPS) is 13.0. The highest BCUT2D eigenvalue weighted by atomic mass is 35.5. The number of rotatable bonds is 2. The summed E-state index contributed by atoms with van der Waals surface area (Å²) in [5.41, 5.74) is 7.27. The minimum Gasteiger partial charge on any atom is -0.436 e. The Labute approximate surface area is 177 Å². The first-order chi connectivity index (χ1) is 14.3. The third kappa shape index (κ3) is 2.69. The summed E-state index contributed by atoms with van der Waals surface area (Å²) in [7, 11) is 0. The van der Waals surface area contributed by atoms with E-state index >= 15 is 0 Å². The van der Waals surface area contributed by atoms with Gasteiger partial charge in [0.25, 0.3) is 17.4 Å². The van der Waals surface area contributed by atoms with Crippen LogP contribution < -0.4 is 16.6 Å². The lowest BCUT2D eigenvalue weighted by Crippen LogP contribution is -2.24. The number of halogens is 2. The van der Waals surface area contributed by atoms with E-state index in [9.17, 15) is 14.4 Å². The highest BCUT2D eigenvalue weighted by molar-refractivity contribution is 6.36. The molecule has 30 heavy (non-hydrogen) atoms. The van der Waals surface area contributed by atoms with E-state index in [4.69, 9.17) is 33.4 Å². The molecule has 8 nitrogen and oxygen atoms in total. The molecule has 3 heterocycles. The number of hydrogen-bond donors (Lipinski definition) is 2. The van der Waals surface area contributed by atoms with Crippen molar-refractivity contribution in [2.24, 2.45) is 0 Å². The molecule has 0 fully saturated rings. The van der Waals surface area contributed by atoms with Gasteiger partial charge in [0.05, 0.1) is 27.4 Å². The van der Waals surface area contributed by atoms with Gasteiger partial charge in [0, 0.05) is 11.1 Å². The largest absolute Gasteiger partial charge is 0.436 e. The SMILES string of the molecule is Nc1c2c(cc(=O)n1-c1ccc3oc(-c4ccc(Cl)cc4Cl)nc3c1)C(=O)NC2=O. The number of amides is 2. The van der Waals surface area contributed by atoms with Crippen molar-refractivity contribution in [3.8, 4) is 17.1 Å². The van der Waals surface area contributed by atoms with Crippen LogP contribution in [0.1, 0.15) is 20.7 Å². The lowest BCUT2D eigenvalue weighted by atomic mass is 10.1. The molecule has 0 saturated carbocycles. The number of benzene rings is 2. The molecule has 0 spiro atoms. The first-order valence-electron chi connectivity index (χ1n) is 8.61. The van der Waals surface area contributed by atoms with Crippen molar-refractivity contribution in [1.82, 2.24) is 14.9 Å². The number of carbonyl (C=O) groups excluding carboxylic acids is 2. The predicted octanol–water partition coefficient (Wildman–Crippen LogP) is 3.42. The number of nitrogen functional groups attached to an aromatic ring is 1. The number of carbonyl (C=O) groups is 2. The molecule has 0 atom stereocenters. The smallest absolute Gasteiger partial charge is 0.262 e. The maximum atomic E-state index is 12.6. The molecule has 5 rings (SSSR count). The van der Waals surface area contributed by atoms with E-state index in [0.717, 1.165) is 10.6 Å².